The van der Waals surface area contributed by atoms with Crippen LogP contribution in [0.2, 0.25) is 0 Å². The average Bonchev–Trinajstić information content (AvgIpc) is 3.55. The van der Waals surface area contributed by atoms with Gasteiger partial charge in [-0.15, -0.1) is 16.4 Å². The molecule has 176 valence electrons. The van der Waals surface area contributed by atoms with Crippen molar-refractivity contribution in [2.45, 2.75) is 31.2 Å². The number of aromatic nitrogens is 2. The molecule has 34 heavy (non-hydrogen) atoms. The number of nitrogens with one attached hydrogen (secondary N) is 1. The predicted molar refractivity (Wildman–Crippen MR) is 129 cm³/mol. The first-order chi connectivity index (χ1) is 16.6. The monoisotopic (exact) mass is 479 g/mol. The third kappa shape index (κ3) is 4.94. The van der Waals surface area contributed by atoms with Crippen molar-refractivity contribution in [2.24, 2.45) is 0 Å². The molecule has 2 aliphatic rings. The molecule has 4 heterocycles. The Bertz CT molecular complexity index is 1150. The van der Waals surface area contributed by atoms with Gasteiger partial charge in [-0.3, -0.25) is 9.59 Å². The third-order valence-electron chi connectivity index (χ3n) is 6.53. The number of hydrogen-bond acceptors (Lipinski definition) is 6. The Labute approximate surface area is 201 Å². The van der Waals surface area contributed by atoms with Crippen LogP contribution < -0.4 is 10.2 Å². The fourth-order valence-corrected chi connectivity index (χ4v) is 5.72. The quantitative estimate of drug-likeness (QED) is 0.604. The molecule has 2 amide bonds. The summed E-state index contributed by atoms with van der Waals surface area (Å²) in [5.74, 6) is 0.732. The van der Waals surface area contributed by atoms with Gasteiger partial charge in [-0.25, -0.2) is 4.39 Å². The van der Waals surface area contributed by atoms with E-state index < -0.39 is 0 Å². The van der Waals surface area contributed by atoms with Crippen molar-refractivity contribution in [3.05, 3.63) is 75.9 Å². The molecule has 0 bridgehead atoms. The van der Waals surface area contributed by atoms with Gasteiger partial charge in [-0.2, -0.15) is 5.10 Å². The van der Waals surface area contributed by atoms with Crippen LogP contribution in [0.3, 0.4) is 0 Å². The number of likely N-dealkylation sites (tertiary alicyclic amines) is 1. The van der Waals surface area contributed by atoms with Crippen molar-refractivity contribution >= 4 is 29.0 Å². The molecule has 2 aliphatic heterocycles. The summed E-state index contributed by atoms with van der Waals surface area (Å²) >= 11 is 1.54. The summed E-state index contributed by atoms with van der Waals surface area (Å²) in [6.45, 7) is 2.87. The van der Waals surface area contributed by atoms with Gasteiger partial charge in [0.15, 0.2) is 5.82 Å². The molecule has 2 fully saturated rings. The van der Waals surface area contributed by atoms with Gasteiger partial charge in [-0.05, 0) is 73.7 Å². The van der Waals surface area contributed by atoms with Gasteiger partial charge in [0.1, 0.15) is 5.82 Å². The minimum Gasteiger partial charge on any atom is -0.353 e. The molecular formula is C25H26FN5O2S. The number of amides is 2. The van der Waals surface area contributed by atoms with Crippen LogP contribution in [0.25, 0.3) is 0 Å². The van der Waals surface area contributed by atoms with Gasteiger partial charge < -0.3 is 15.1 Å². The number of carbonyl (C=O) groups is 2. The topological polar surface area (TPSA) is 78.4 Å². The van der Waals surface area contributed by atoms with Crippen LogP contribution in [0, 0.1) is 5.82 Å². The van der Waals surface area contributed by atoms with E-state index in [1.807, 2.05) is 29.2 Å². The van der Waals surface area contributed by atoms with E-state index in [1.165, 1.54) is 29.1 Å². The van der Waals surface area contributed by atoms with Crippen molar-refractivity contribution in [3.63, 3.8) is 0 Å². The van der Waals surface area contributed by atoms with Gasteiger partial charge in [0.2, 0.25) is 0 Å². The summed E-state index contributed by atoms with van der Waals surface area (Å²) < 4.78 is 13.1. The van der Waals surface area contributed by atoms with E-state index in [9.17, 15) is 14.0 Å². The number of piperidine rings is 1. The van der Waals surface area contributed by atoms with E-state index in [0.29, 0.717) is 24.6 Å². The van der Waals surface area contributed by atoms with Crippen molar-refractivity contribution in [2.75, 3.05) is 31.1 Å². The Balaban J connectivity index is 1.13. The summed E-state index contributed by atoms with van der Waals surface area (Å²) in [4.78, 5) is 31.4. The van der Waals surface area contributed by atoms with E-state index in [4.69, 9.17) is 0 Å². The molecular weight excluding hydrogens is 453 g/mol. The molecule has 2 aromatic heterocycles. The lowest BCUT2D eigenvalue weighted by molar-refractivity contribution is 0.0713. The number of halogens is 1. The summed E-state index contributed by atoms with van der Waals surface area (Å²) in [7, 11) is 0. The third-order valence-corrected chi connectivity index (χ3v) is 7.78. The van der Waals surface area contributed by atoms with Crippen LogP contribution in [0.5, 0.6) is 0 Å². The van der Waals surface area contributed by atoms with E-state index in [-0.39, 0.29) is 23.7 Å². The summed E-state index contributed by atoms with van der Waals surface area (Å²) in [5.41, 5.74) is 0.514. The highest BCUT2D eigenvalue weighted by molar-refractivity contribution is 7.14. The first kappa shape index (κ1) is 22.5. The highest BCUT2D eigenvalue weighted by Gasteiger charge is 2.28. The number of nitrogens with zero attached hydrogens (tertiary/aromatic N) is 4. The van der Waals surface area contributed by atoms with Gasteiger partial charge in [0, 0.05) is 48.9 Å². The van der Waals surface area contributed by atoms with E-state index in [2.05, 4.69) is 20.4 Å². The zero-order valence-electron chi connectivity index (χ0n) is 18.7. The van der Waals surface area contributed by atoms with E-state index in [0.717, 1.165) is 43.0 Å². The summed E-state index contributed by atoms with van der Waals surface area (Å²) in [5, 5.41) is 11.2. The highest BCUT2D eigenvalue weighted by atomic mass is 32.1. The van der Waals surface area contributed by atoms with Gasteiger partial charge >= 0.3 is 0 Å². The van der Waals surface area contributed by atoms with Crippen molar-refractivity contribution < 1.29 is 14.0 Å². The minimum atomic E-state index is -0.344. The maximum atomic E-state index is 13.1. The van der Waals surface area contributed by atoms with Crippen LogP contribution in [0.4, 0.5) is 10.2 Å². The molecule has 0 radical (unpaired) electrons. The molecule has 1 N–H and O–H groups in total. The second-order valence-corrected chi connectivity index (χ2v) is 9.88. The fourth-order valence-electron chi connectivity index (χ4n) is 4.64. The normalized spacial score (nSPS) is 18.8. The van der Waals surface area contributed by atoms with Crippen molar-refractivity contribution in [1.82, 2.24) is 20.4 Å². The minimum absolute atomic E-state index is 0.0360. The van der Waals surface area contributed by atoms with Crippen molar-refractivity contribution in [1.29, 1.82) is 0 Å². The highest BCUT2D eigenvalue weighted by Crippen LogP contribution is 2.33. The summed E-state index contributed by atoms with van der Waals surface area (Å²) in [6.07, 6.45) is 4.23. The second kappa shape index (κ2) is 9.89. The van der Waals surface area contributed by atoms with Crippen LogP contribution in [0.15, 0.2) is 54.7 Å². The number of anilines is 1. The average molecular weight is 480 g/mol. The van der Waals surface area contributed by atoms with E-state index in [1.54, 1.807) is 17.5 Å². The molecule has 2 saturated heterocycles. The molecule has 1 atom stereocenters. The molecule has 9 heteroatoms. The largest absolute Gasteiger partial charge is 0.353 e. The molecule has 0 spiro atoms. The van der Waals surface area contributed by atoms with Gasteiger partial charge in [-0.1, -0.05) is 0 Å². The molecule has 0 saturated carbocycles. The zero-order valence-corrected chi connectivity index (χ0v) is 19.5. The lowest BCUT2D eigenvalue weighted by Gasteiger charge is -2.31. The Kier molecular flexibility index (Phi) is 6.53. The zero-order chi connectivity index (χ0) is 23.5. The maximum absolute atomic E-state index is 13.1. The smallest absolute Gasteiger partial charge is 0.261 e. The van der Waals surface area contributed by atoms with Crippen LogP contribution in [-0.2, 0) is 0 Å². The number of hydrogen-bond donors (Lipinski definition) is 1. The number of carbonyl (C=O) groups excluding carboxylic acids is 2. The Morgan fingerprint density at radius 2 is 1.79 bits per heavy atom. The Morgan fingerprint density at radius 1 is 1.00 bits per heavy atom. The Morgan fingerprint density at radius 3 is 2.53 bits per heavy atom. The molecule has 3 aromatic rings. The first-order valence-electron chi connectivity index (χ1n) is 11.5. The standard InChI is InChI=1S/C25H26FN5O2S/c26-19-5-3-18(4-6-19)25(33)30-13-9-17(10-14-30)21-7-8-22(34-21)24(32)28-20-11-15-31(16-20)23-2-1-12-27-29-23/h1-8,12,17,20H,9-11,13-16H2,(H,28,32). The molecule has 0 aliphatic carbocycles. The molecule has 1 aromatic carbocycles. The number of thiophene rings is 1. The van der Waals surface area contributed by atoms with Gasteiger partial charge in [0.25, 0.3) is 11.8 Å². The van der Waals surface area contributed by atoms with Crippen LogP contribution in [0.1, 0.15) is 50.1 Å². The number of benzene rings is 1. The molecule has 7 nitrogen and oxygen atoms in total. The number of rotatable bonds is 5. The van der Waals surface area contributed by atoms with Crippen LogP contribution >= 0.6 is 11.3 Å². The maximum Gasteiger partial charge on any atom is 0.261 e. The van der Waals surface area contributed by atoms with Crippen molar-refractivity contribution in [3.8, 4) is 0 Å². The first-order valence-corrected chi connectivity index (χ1v) is 12.4. The summed E-state index contributed by atoms with van der Waals surface area (Å²) in [6, 6.07) is 13.5. The van der Waals surface area contributed by atoms with Crippen LogP contribution in [-0.4, -0.2) is 59.1 Å². The Hall–Kier alpha value is -3.33. The second-order valence-electron chi connectivity index (χ2n) is 8.76. The van der Waals surface area contributed by atoms with E-state index >= 15 is 0 Å². The van der Waals surface area contributed by atoms with Gasteiger partial charge in [0.05, 0.1) is 4.88 Å². The lowest BCUT2D eigenvalue weighted by atomic mass is 9.95. The molecule has 1 unspecified atom stereocenters. The lowest BCUT2D eigenvalue weighted by Crippen LogP contribution is -2.37. The molecule has 5 rings (SSSR count). The SMILES string of the molecule is O=C(NC1CCN(c2cccnn2)C1)c1ccc(C2CCN(C(=O)c3ccc(F)cc3)CC2)s1. The fraction of sp³-hybridized carbons (Fsp3) is 0.360. The predicted octanol–water partition coefficient (Wildman–Crippen LogP) is 3.71.